The highest BCUT2D eigenvalue weighted by molar-refractivity contribution is 7.18. The van der Waals surface area contributed by atoms with Gasteiger partial charge >= 0.3 is 6.18 Å². The molecule has 0 unspecified atom stereocenters. The summed E-state index contributed by atoms with van der Waals surface area (Å²) in [6, 6.07) is 6.98. The number of fused-ring (bicyclic) bond motifs is 3. The fourth-order valence-electron chi connectivity index (χ4n) is 2.52. The van der Waals surface area contributed by atoms with Crippen molar-refractivity contribution in [3.05, 3.63) is 41.3 Å². The highest BCUT2D eigenvalue weighted by Crippen LogP contribution is 2.34. The molecule has 4 aromatic rings. The molecule has 0 aliphatic carbocycles. The Balaban J connectivity index is 1.97. The second-order valence-corrected chi connectivity index (χ2v) is 5.79. The van der Waals surface area contributed by atoms with Crippen molar-refractivity contribution in [2.45, 2.75) is 6.18 Å². The van der Waals surface area contributed by atoms with Crippen LogP contribution < -0.4 is 0 Å². The molecule has 0 N–H and O–H groups in total. The summed E-state index contributed by atoms with van der Waals surface area (Å²) in [4.78, 5) is 1.46. The minimum Gasteiger partial charge on any atom is -0.290 e. The van der Waals surface area contributed by atoms with Gasteiger partial charge in [-0.2, -0.15) is 23.1 Å². The Hall–Kier alpha value is -2.35. The number of nitrogens with zero attached hydrogens (tertiary/aromatic N) is 4. The zero-order chi connectivity index (χ0) is 15.5. The number of alkyl halides is 3. The zero-order valence-corrected chi connectivity index (χ0v) is 12.1. The molecule has 1 aromatic carbocycles. The second-order valence-electron chi connectivity index (χ2n) is 4.88. The van der Waals surface area contributed by atoms with Crippen molar-refractivity contribution in [2.75, 3.05) is 0 Å². The first kappa shape index (κ1) is 13.3. The molecule has 0 aliphatic heterocycles. The Morgan fingerprint density at radius 1 is 1.05 bits per heavy atom. The third kappa shape index (κ3) is 1.83. The van der Waals surface area contributed by atoms with Gasteiger partial charge in [0.25, 0.3) is 0 Å². The average molecular weight is 322 g/mol. The van der Waals surface area contributed by atoms with Crippen LogP contribution in [-0.4, -0.2) is 19.6 Å². The Kier molecular flexibility index (Phi) is 2.62. The molecule has 0 radical (unpaired) electrons. The number of halogens is 3. The minimum absolute atomic E-state index is 0.631. The molecule has 3 heterocycles. The van der Waals surface area contributed by atoms with Gasteiger partial charge in [-0.05, 0) is 35.7 Å². The number of hydrogen-bond acceptors (Lipinski definition) is 3. The maximum Gasteiger partial charge on any atom is 0.416 e. The van der Waals surface area contributed by atoms with Crippen LogP contribution in [0.2, 0.25) is 0 Å². The normalized spacial score (nSPS) is 12.5. The molecular weight excluding hydrogens is 313 g/mol. The average Bonchev–Trinajstić information content (AvgIpc) is 3.10. The summed E-state index contributed by atoms with van der Waals surface area (Å²) in [5.41, 5.74) is 2.26. The summed E-state index contributed by atoms with van der Waals surface area (Å²) in [5.74, 6) is 0. The van der Waals surface area contributed by atoms with E-state index in [1.165, 1.54) is 28.3 Å². The quantitative estimate of drug-likeness (QED) is 0.531. The number of rotatable bonds is 1. The Bertz CT molecular complexity index is 975. The molecule has 0 saturated heterocycles. The van der Waals surface area contributed by atoms with Crippen LogP contribution in [0.25, 0.3) is 27.1 Å². The van der Waals surface area contributed by atoms with E-state index >= 15 is 0 Å². The van der Waals surface area contributed by atoms with Crippen molar-refractivity contribution in [3.63, 3.8) is 0 Å². The molecule has 4 rings (SSSR count). The zero-order valence-electron chi connectivity index (χ0n) is 11.3. The van der Waals surface area contributed by atoms with Crippen LogP contribution in [0.1, 0.15) is 5.56 Å². The van der Waals surface area contributed by atoms with Gasteiger partial charge in [0.2, 0.25) is 0 Å². The lowest BCUT2D eigenvalue weighted by molar-refractivity contribution is -0.137. The molecule has 22 heavy (non-hydrogen) atoms. The second kappa shape index (κ2) is 4.33. The third-order valence-electron chi connectivity index (χ3n) is 3.46. The van der Waals surface area contributed by atoms with Crippen molar-refractivity contribution in [2.24, 2.45) is 7.05 Å². The van der Waals surface area contributed by atoms with Crippen LogP contribution in [0.3, 0.4) is 0 Å². The highest BCUT2D eigenvalue weighted by Gasteiger charge is 2.30. The summed E-state index contributed by atoms with van der Waals surface area (Å²) in [6.45, 7) is 0. The molecule has 0 saturated carbocycles. The van der Waals surface area contributed by atoms with E-state index in [1.807, 2.05) is 16.0 Å². The molecule has 3 aromatic heterocycles. The van der Waals surface area contributed by atoms with Gasteiger partial charge in [-0.1, -0.05) is 0 Å². The fraction of sp³-hybridized carbons (Fsp3) is 0.143. The van der Waals surface area contributed by atoms with Crippen LogP contribution in [0.4, 0.5) is 13.2 Å². The summed E-state index contributed by atoms with van der Waals surface area (Å²) >= 11 is 1.54. The predicted octanol–water partition coefficient (Wildman–Crippen LogP) is 3.99. The van der Waals surface area contributed by atoms with Crippen molar-refractivity contribution in [1.29, 1.82) is 0 Å². The van der Waals surface area contributed by atoms with Gasteiger partial charge in [-0.15, -0.1) is 16.4 Å². The van der Waals surface area contributed by atoms with Crippen molar-refractivity contribution in [1.82, 2.24) is 19.6 Å². The van der Waals surface area contributed by atoms with Crippen LogP contribution in [0, 0.1) is 0 Å². The summed E-state index contributed by atoms with van der Waals surface area (Å²) in [7, 11) is 1.72. The Morgan fingerprint density at radius 3 is 2.45 bits per heavy atom. The third-order valence-corrected chi connectivity index (χ3v) is 4.37. The molecule has 0 amide bonds. The highest BCUT2D eigenvalue weighted by atomic mass is 32.1. The minimum atomic E-state index is -4.34. The van der Waals surface area contributed by atoms with Crippen LogP contribution in [0.15, 0.2) is 35.7 Å². The van der Waals surface area contributed by atoms with Gasteiger partial charge in [0, 0.05) is 12.7 Å². The standard InChI is InChI=1S/C14H9F3N4S/c1-20-18-11-12-10(6-7-22-12)21(13(11)19-20)9-4-2-8(3-5-9)14(15,16)17/h2-7H,1H3. The van der Waals surface area contributed by atoms with Gasteiger partial charge in [0.1, 0.15) is 5.52 Å². The maximum atomic E-state index is 12.7. The van der Waals surface area contributed by atoms with Crippen LogP contribution >= 0.6 is 11.3 Å². The topological polar surface area (TPSA) is 35.6 Å². The largest absolute Gasteiger partial charge is 0.416 e. The first-order valence-corrected chi connectivity index (χ1v) is 7.30. The van der Waals surface area contributed by atoms with E-state index in [0.29, 0.717) is 11.3 Å². The van der Waals surface area contributed by atoms with E-state index in [9.17, 15) is 13.2 Å². The van der Waals surface area contributed by atoms with E-state index in [1.54, 1.807) is 7.05 Å². The molecule has 0 fully saturated rings. The Labute approximate surface area is 126 Å². The SMILES string of the molecule is Cn1nc2c3sccc3n(-c3ccc(C(F)(F)F)cc3)c2n1. The lowest BCUT2D eigenvalue weighted by Crippen LogP contribution is -2.05. The molecule has 8 heteroatoms. The molecule has 112 valence electrons. The number of thiophene rings is 1. The molecule has 0 spiro atoms. The fourth-order valence-corrected chi connectivity index (χ4v) is 3.38. The van der Waals surface area contributed by atoms with E-state index in [2.05, 4.69) is 10.2 Å². The molecule has 0 aliphatic rings. The molecular formula is C14H9F3N4S. The van der Waals surface area contributed by atoms with Gasteiger partial charge < -0.3 is 0 Å². The maximum absolute atomic E-state index is 12.7. The van der Waals surface area contributed by atoms with Crippen LogP contribution in [-0.2, 0) is 13.2 Å². The van der Waals surface area contributed by atoms with Crippen molar-refractivity contribution < 1.29 is 13.2 Å². The van der Waals surface area contributed by atoms with Gasteiger partial charge in [-0.25, -0.2) is 0 Å². The summed E-state index contributed by atoms with van der Waals surface area (Å²) in [6.07, 6.45) is -4.34. The summed E-state index contributed by atoms with van der Waals surface area (Å²) in [5, 5.41) is 10.6. The predicted molar refractivity (Wildman–Crippen MR) is 78.2 cm³/mol. The van der Waals surface area contributed by atoms with E-state index in [4.69, 9.17) is 0 Å². The van der Waals surface area contributed by atoms with Crippen molar-refractivity contribution in [3.8, 4) is 5.69 Å². The van der Waals surface area contributed by atoms with Crippen molar-refractivity contribution >= 4 is 32.7 Å². The molecule has 0 atom stereocenters. The van der Waals surface area contributed by atoms with Gasteiger partial charge in [-0.3, -0.25) is 4.57 Å². The van der Waals surface area contributed by atoms with E-state index in [0.717, 1.165) is 27.9 Å². The van der Waals surface area contributed by atoms with Gasteiger partial charge in [0.05, 0.1) is 15.8 Å². The lowest BCUT2D eigenvalue weighted by atomic mass is 10.2. The smallest absolute Gasteiger partial charge is 0.290 e. The molecule has 4 nitrogen and oxygen atoms in total. The molecule has 0 bridgehead atoms. The number of benzene rings is 1. The monoisotopic (exact) mass is 322 g/mol. The first-order valence-electron chi connectivity index (χ1n) is 6.42. The number of aromatic nitrogens is 4. The van der Waals surface area contributed by atoms with Gasteiger partial charge in [0.15, 0.2) is 5.65 Å². The lowest BCUT2D eigenvalue weighted by Gasteiger charge is -2.09. The number of hydrogen-bond donors (Lipinski definition) is 0. The van der Waals surface area contributed by atoms with E-state index < -0.39 is 11.7 Å². The van der Waals surface area contributed by atoms with Crippen LogP contribution in [0.5, 0.6) is 0 Å². The van der Waals surface area contributed by atoms with E-state index in [-0.39, 0.29) is 0 Å². The first-order chi connectivity index (χ1) is 10.4. The Morgan fingerprint density at radius 2 is 1.77 bits per heavy atom. The summed E-state index contributed by atoms with van der Waals surface area (Å²) < 4.78 is 40.9. The number of aryl methyl sites for hydroxylation is 1.